The highest BCUT2D eigenvalue weighted by atomic mass is 32.2. The molecule has 0 spiro atoms. The van der Waals surface area contributed by atoms with Gasteiger partial charge in [0.05, 0.1) is 11.0 Å². The van der Waals surface area contributed by atoms with Crippen molar-refractivity contribution in [2.75, 3.05) is 20.0 Å². The Kier molecular flexibility index (Phi) is 6.48. The molecule has 0 radical (unpaired) electrons. The minimum absolute atomic E-state index is 0.0191. The number of nitrogens with zero attached hydrogens (tertiary/aromatic N) is 1. The highest BCUT2D eigenvalue weighted by molar-refractivity contribution is 7.91. The van der Waals surface area contributed by atoms with E-state index in [1.165, 1.54) is 19.2 Å². The van der Waals surface area contributed by atoms with E-state index < -0.39 is 20.2 Å². The predicted molar refractivity (Wildman–Crippen MR) is 96.1 cm³/mol. The van der Waals surface area contributed by atoms with E-state index >= 15 is 0 Å². The minimum atomic E-state index is -3.55. The van der Waals surface area contributed by atoms with Crippen LogP contribution in [0, 0.1) is 10.1 Å². The molecule has 2 rings (SSSR count). The van der Waals surface area contributed by atoms with Gasteiger partial charge in [-0.25, -0.2) is 8.42 Å². The van der Waals surface area contributed by atoms with E-state index in [2.05, 4.69) is 0 Å². The summed E-state index contributed by atoms with van der Waals surface area (Å²) in [5.41, 5.74) is -1.03. The van der Waals surface area contributed by atoms with Gasteiger partial charge in [-0.15, -0.1) is 0 Å². The average Bonchev–Trinajstić information content (AvgIpc) is 2.62. The molecule has 0 heterocycles. The highest BCUT2D eigenvalue weighted by Crippen LogP contribution is 2.35. The Labute approximate surface area is 155 Å². The maximum atomic E-state index is 11.6. The fourth-order valence-corrected chi connectivity index (χ4v) is 2.74. The maximum absolute atomic E-state index is 11.6. The Bertz CT molecular complexity index is 924. The smallest absolute Gasteiger partial charge is 0.273 e. The molecule has 10 heteroatoms. The Morgan fingerprint density at radius 2 is 1.81 bits per heavy atom. The number of carbonyl (C=O) groups excluding carboxylic acids is 1. The van der Waals surface area contributed by atoms with Gasteiger partial charge in [-0.1, -0.05) is 0 Å². The second-order valence-corrected chi connectivity index (χ2v) is 7.67. The summed E-state index contributed by atoms with van der Waals surface area (Å²) < 4.78 is 39.2. The van der Waals surface area contributed by atoms with Crippen LogP contribution in [0.25, 0.3) is 0 Å². The second kappa shape index (κ2) is 8.60. The molecule has 0 amide bonds. The summed E-state index contributed by atoms with van der Waals surface area (Å²) in [5.74, 6) is 0.489. The van der Waals surface area contributed by atoms with E-state index in [0.29, 0.717) is 17.6 Å². The van der Waals surface area contributed by atoms with E-state index in [9.17, 15) is 23.3 Å². The number of hydrogen-bond acceptors (Lipinski definition) is 8. The van der Waals surface area contributed by atoms with E-state index in [-0.39, 0.29) is 23.8 Å². The molecule has 0 fully saturated rings. The van der Waals surface area contributed by atoms with E-state index in [1.807, 2.05) is 0 Å². The summed E-state index contributed by atoms with van der Waals surface area (Å²) in [6.07, 6.45) is 1.67. The first-order valence-corrected chi connectivity index (χ1v) is 9.56. The van der Waals surface area contributed by atoms with Crippen molar-refractivity contribution >= 4 is 21.8 Å². The number of non-ortho nitro benzene ring substituents is 1. The number of methoxy groups -OCH3 is 1. The molecule has 0 aliphatic rings. The Balaban J connectivity index is 2.29. The van der Waals surface area contributed by atoms with Crippen molar-refractivity contribution in [3.8, 4) is 17.2 Å². The number of aldehydes is 1. The third-order valence-electron chi connectivity index (χ3n) is 3.50. The van der Waals surface area contributed by atoms with Crippen LogP contribution in [0.15, 0.2) is 42.5 Å². The van der Waals surface area contributed by atoms with Crippen molar-refractivity contribution in [2.24, 2.45) is 0 Å². The molecule has 1 unspecified atom stereocenters. The van der Waals surface area contributed by atoms with Crippen LogP contribution in [-0.2, 0) is 14.6 Å². The van der Waals surface area contributed by atoms with Crippen LogP contribution in [0.2, 0.25) is 0 Å². The fraction of sp³-hybridized carbons (Fsp3) is 0.235. The van der Waals surface area contributed by atoms with Crippen LogP contribution in [0.3, 0.4) is 0 Å². The quantitative estimate of drug-likeness (QED) is 0.361. The molecule has 27 heavy (non-hydrogen) atoms. The molecule has 144 valence electrons. The van der Waals surface area contributed by atoms with Gasteiger partial charge < -0.3 is 14.2 Å². The number of rotatable bonds is 9. The van der Waals surface area contributed by atoms with Crippen LogP contribution in [0.1, 0.15) is 10.4 Å². The van der Waals surface area contributed by atoms with Crippen LogP contribution in [0.5, 0.6) is 17.2 Å². The third-order valence-corrected chi connectivity index (χ3v) is 4.78. The van der Waals surface area contributed by atoms with Gasteiger partial charge in [-0.05, 0) is 30.3 Å². The van der Waals surface area contributed by atoms with E-state index in [1.54, 1.807) is 24.3 Å². The van der Waals surface area contributed by atoms with Crippen molar-refractivity contribution in [3.05, 3.63) is 58.1 Å². The molecule has 0 N–H and O–H groups in total. The van der Waals surface area contributed by atoms with Gasteiger partial charge in [0.25, 0.3) is 5.69 Å². The summed E-state index contributed by atoms with van der Waals surface area (Å²) in [5, 5.41) is 11.0. The molecule has 0 aliphatic heterocycles. The molecule has 2 aromatic rings. The van der Waals surface area contributed by atoms with Gasteiger partial charge in [0, 0.05) is 25.0 Å². The lowest BCUT2D eigenvalue weighted by Crippen LogP contribution is -2.29. The first kappa shape index (κ1) is 20.3. The van der Waals surface area contributed by atoms with Gasteiger partial charge in [0.2, 0.25) is 0 Å². The number of nitro benzene ring substituents is 1. The van der Waals surface area contributed by atoms with Gasteiger partial charge in [0.1, 0.15) is 18.6 Å². The average molecular weight is 395 g/mol. The molecule has 0 aliphatic carbocycles. The van der Waals surface area contributed by atoms with Crippen LogP contribution in [0.4, 0.5) is 5.69 Å². The second-order valence-electron chi connectivity index (χ2n) is 5.48. The molecular weight excluding hydrogens is 378 g/mol. The zero-order chi connectivity index (χ0) is 20.0. The summed E-state index contributed by atoms with van der Waals surface area (Å²) in [6.45, 7) is -0.378. The van der Waals surface area contributed by atoms with Gasteiger partial charge in [-0.3, -0.25) is 14.9 Å². The third kappa shape index (κ3) is 5.50. The summed E-state index contributed by atoms with van der Waals surface area (Å²) in [6, 6.07) is 9.87. The number of benzene rings is 2. The van der Waals surface area contributed by atoms with Crippen LogP contribution in [-0.4, -0.2) is 45.0 Å². The Morgan fingerprint density at radius 1 is 1.15 bits per heavy atom. The monoisotopic (exact) mass is 395 g/mol. The molecule has 2 aromatic carbocycles. The Hall–Kier alpha value is -2.98. The topological polar surface area (TPSA) is 122 Å². The van der Waals surface area contributed by atoms with Crippen LogP contribution < -0.4 is 9.47 Å². The standard InChI is InChI=1S/C17H17NO8S/c1-24-17(27(2,22)23)11-25-16-9-13(18(20)21)5-8-15(16)26-14-6-3-12(10-19)4-7-14/h3-10,17H,11H2,1-2H3. The number of ether oxygens (including phenoxy) is 3. The number of nitro groups is 1. The minimum Gasteiger partial charge on any atom is -0.486 e. The molecule has 1 atom stereocenters. The van der Waals surface area contributed by atoms with Gasteiger partial charge in [-0.2, -0.15) is 0 Å². The number of sulfone groups is 1. The SMILES string of the molecule is COC(COc1cc([N+](=O)[O-])ccc1Oc1ccc(C=O)cc1)S(C)(=O)=O. The van der Waals surface area contributed by atoms with Crippen molar-refractivity contribution in [2.45, 2.75) is 5.44 Å². The predicted octanol–water partition coefficient (Wildman–Crippen LogP) is 2.60. The summed E-state index contributed by atoms with van der Waals surface area (Å²) >= 11 is 0. The van der Waals surface area contributed by atoms with Crippen LogP contribution >= 0.6 is 0 Å². The lowest BCUT2D eigenvalue weighted by Gasteiger charge is -2.16. The Morgan fingerprint density at radius 3 is 2.33 bits per heavy atom. The molecule has 0 aromatic heterocycles. The first-order chi connectivity index (χ1) is 12.7. The van der Waals surface area contributed by atoms with Crippen molar-refractivity contribution in [1.82, 2.24) is 0 Å². The molecule has 9 nitrogen and oxygen atoms in total. The van der Waals surface area contributed by atoms with Crippen molar-refractivity contribution < 1.29 is 32.3 Å². The van der Waals surface area contributed by atoms with Gasteiger partial charge in [0.15, 0.2) is 26.8 Å². The lowest BCUT2D eigenvalue weighted by molar-refractivity contribution is -0.385. The van der Waals surface area contributed by atoms with Crippen molar-refractivity contribution in [3.63, 3.8) is 0 Å². The molecular formula is C17H17NO8S. The molecule has 0 saturated carbocycles. The fourth-order valence-electron chi connectivity index (χ4n) is 2.07. The lowest BCUT2D eigenvalue weighted by atomic mass is 10.2. The van der Waals surface area contributed by atoms with Gasteiger partial charge >= 0.3 is 0 Å². The molecule has 0 bridgehead atoms. The summed E-state index contributed by atoms with van der Waals surface area (Å²) in [4.78, 5) is 21.1. The zero-order valence-electron chi connectivity index (χ0n) is 14.5. The summed E-state index contributed by atoms with van der Waals surface area (Å²) in [7, 11) is -2.33. The molecule has 0 saturated heterocycles. The highest BCUT2D eigenvalue weighted by Gasteiger charge is 2.22. The van der Waals surface area contributed by atoms with E-state index in [0.717, 1.165) is 12.3 Å². The van der Waals surface area contributed by atoms with E-state index in [4.69, 9.17) is 14.2 Å². The number of hydrogen-bond donors (Lipinski definition) is 0. The normalized spacial score (nSPS) is 12.2. The first-order valence-electron chi connectivity index (χ1n) is 7.60. The maximum Gasteiger partial charge on any atom is 0.273 e. The largest absolute Gasteiger partial charge is 0.486 e. The zero-order valence-corrected chi connectivity index (χ0v) is 15.3. The van der Waals surface area contributed by atoms with Crippen molar-refractivity contribution in [1.29, 1.82) is 0 Å². The number of carbonyl (C=O) groups is 1.